The molecule has 0 nitrogen and oxygen atoms in total. The zero-order chi connectivity index (χ0) is 10.7. The van der Waals surface area contributed by atoms with Gasteiger partial charge < -0.3 is 0 Å². The van der Waals surface area contributed by atoms with Crippen molar-refractivity contribution >= 4 is 0 Å². The second-order valence-corrected chi connectivity index (χ2v) is 14.8. The Morgan fingerprint density at radius 2 is 1.87 bits per heavy atom. The molecule has 0 atom stereocenters. The summed E-state index contributed by atoms with van der Waals surface area (Å²) in [5, 5.41) is 5.03. The normalized spacial score (nSPS) is 16.5. The van der Waals surface area contributed by atoms with Gasteiger partial charge in [0.05, 0.1) is 0 Å². The molecule has 0 spiro atoms. The predicted molar refractivity (Wildman–Crippen MR) is 63.7 cm³/mol. The van der Waals surface area contributed by atoms with Gasteiger partial charge in [0, 0.05) is 0 Å². The van der Waals surface area contributed by atoms with Gasteiger partial charge in [-0.05, 0) is 0 Å². The van der Waals surface area contributed by atoms with Gasteiger partial charge in [-0.3, -0.25) is 0 Å². The van der Waals surface area contributed by atoms with Crippen LogP contribution in [0.25, 0.3) is 0 Å². The number of rotatable bonds is 3. The topological polar surface area (TPSA) is 0 Å². The molecule has 0 saturated heterocycles. The number of allylic oxidation sites excluding steroid dienone is 4. The van der Waals surface area contributed by atoms with E-state index in [1.807, 2.05) is 0 Å². The maximum atomic E-state index is 2.51. The van der Waals surface area contributed by atoms with E-state index in [0.29, 0.717) is 0 Å². The average molecular weight is 381 g/mol. The molecule has 2 rings (SSSR count). The van der Waals surface area contributed by atoms with Gasteiger partial charge in [-0.1, -0.05) is 0 Å². The molecule has 0 aliphatic heterocycles. The van der Waals surface area contributed by atoms with Gasteiger partial charge in [0.1, 0.15) is 0 Å². The van der Waals surface area contributed by atoms with Crippen LogP contribution in [0, 0.1) is 0 Å². The molecular formula is C14H18Pt. The molecule has 0 radical (unpaired) electrons. The third-order valence-corrected chi connectivity index (χ3v) is 10.2. The van der Waals surface area contributed by atoms with E-state index >= 15 is 0 Å². The minimum absolute atomic E-state index is 1.21. The quantitative estimate of drug-likeness (QED) is 0.733. The SMILES string of the molecule is [CH3][Pt]([CH3])([CH2]c1ccccc1)[C]1=CC=CC1. The number of hydrogen-bond acceptors (Lipinski definition) is 0. The minimum atomic E-state index is -1.66. The van der Waals surface area contributed by atoms with Crippen LogP contribution in [0.2, 0.25) is 10.6 Å². The molecule has 0 heterocycles. The molecule has 1 aromatic rings. The Hall–Kier alpha value is -0.612. The predicted octanol–water partition coefficient (Wildman–Crippen LogP) is 4.28. The molecule has 0 N–H and O–H groups in total. The van der Waals surface area contributed by atoms with Crippen LogP contribution >= 0.6 is 0 Å². The van der Waals surface area contributed by atoms with E-state index in [2.05, 4.69) is 59.2 Å². The summed E-state index contributed by atoms with van der Waals surface area (Å²) in [6, 6.07) is 10.9. The Morgan fingerprint density at radius 1 is 1.13 bits per heavy atom. The van der Waals surface area contributed by atoms with E-state index in [0.717, 1.165) is 0 Å². The molecule has 0 amide bonds. The Bertz CT molecular complexity index is 385. The van der Waals surface area contributed by atoms with Gasteiger partial charge in [0.15, 0.2) is 0 Å². The summed E-state index contributed by atoms with van der Waals surface area (Å²) in [7, 11) is 0. The van der Waals surface area contributed by atoms with E-state index < -0.39 is 16.1 Å². The van der Waals surface area contributed by atoms with E-state index in [4.69, 9.17) is 0 Å². The van der Waals surface area contributed by atoms with Crippen LogP contribution in [0.5, 0.6) is 0 Å². The fraction of sp³-hybridized carbons (Fsp3) is 0.286. The monoisotopic (exact) mass is 381 g/mol. The number of benzene rings is 1. The number of hydrogen-bond donors (Lipinski definition) is 0. The van der Waals surface area contributed by atoms with E-state index in [1.54, 1.807) is 3.96 Å². The Balaban J connectivity index is 2.11. The summed E-state index contributed by atoms with van der Waals surface area (Å²) in [4.78, 5) is 1.31. The zero-order valence-electron chi connectivity index (χ0n) is 9.35. The summed E-state index contributed by atoms with van der Waals surface area (Å²) in [6.45, 7) is 0. The summed E-state index contributed by atoms with van der Waals surface area (Å²) < 4.78 is 1.73. The Labute approximate surface area is 95.9 Å². The standard InChI is InChI=1S/C7H7.C5H5.2CH3.Pt/c1-7-5-3-2-4-6-7;1-2-4-5-3-1;;;/h2-6H,1H2;1-3H,4H2;2*1H3;. The van der Waals surface area contributed by atoms with Crippen molar-refractivity contribution in [3.63, 3.8) is 0 Å². The second kappa shape index (κ2) is 4.49. The first-order valence-electron chi connectivity index (χ1n) is 5.00. The van der Waals surface area contributed by atoms with Crippen LogP contribution in [-0.2, 0) is 20.9 Å². The van der Waals surface area contributed by atoms with Gasteiger partial charge in [-0.2, -0.15) is 0 Å². The van der Waals surface area contributed by atoms with Gasteiger partial charge in [0.2, 0.25) is 0 Å². The van der Waals surface area contributed by atoms with Crippen LogP contribution in [-0.4, -0.2) is 0 Å². The van der Waals surface area contributed by atoms with E-state index in [-0.39, 0.29) is 0 Å². The van der Waals surface area contributed by atoms with Crippen LogP contribution in [0.1, 0.15) is 12.0 Å². The zero-order valence-corrected chi connectivity index (χ0v) is 11.6. The third-order valence-electron chi connectivity index (χ3n) is 2.50. The molecule has 84 valence electrons. The van der Waals surface area contributed by atoms with Crippen molar-refractivity contribution in [2.45, 2.75) is 21.9 Å². The van der Waals surface area contributed by atoms with Crippen molar-refractivity contribution in [2.24, 2.45) is 0 Å². The van der Waals surface area contributed by atoms with E-state index in [9.17, 15) is 0 Å². The Kier molecular flexibility index (Phi) is 3.26. The summed E-state index contributed by atoms with van der Waals surface area (Å²) in [5.41, 5.74) is 1.51. The van der Waals surface area contributed by atoms with Gasteiger partial charge >= 0.3 is 96.0 Å². The van der Waals surface area contributed by atoms with Crippen molar-refractivity contribution in [2.75, 3.05) is 0 Å². The second-order valence-electron chi connectivity index (χ2n) is 4.00. The van der Waals surface area contributed by atoms with Crippen LogP contribution in [0.15, 0.2) is 52.5 Å². The first-order chi connectivity index (χ1) is 7.18. The molecule has 0 saturated carbocycles. The molecular weight excluding hydrogens is 363 g/mol. The first kappa shape index (κ1) is 10.9. The van der Waals surface area contributed by atoms with Crippen molar-refractivity contribution in [3.8, 4) is 0 Å². The van der Waals surface area contributed by atoms with Crippen molar-refractivity contribution < 1.29 is 16.1 Å². The molecule has 0 aromatic heterocycles. The molecule has 0 bridgehead atoms. The van der Waals surface area contributed by atoms with Crippen molar-refractivity contribution in [1.82, 2.24) is 0 Å². The van der Waals surface area contributed by atoms with Crippen molar-refractivity contribution in [1.29, 1.82) is 0 Å². The molecule has 0 fully saturated rings. The van der Waals surface area contributed by atoms with Gasteiger partial charge in [-0.25, -0.2) is 0 Å². The molecule has 1 aliphatic carbocycles. The molecule has 1 heteroatoms. The average Bonchev–Trinajstić information content (AvgIpc) is 2.71. The molecule has 1 aromatic carbocycles. The first-order valence-corrected chi connectivity index (χ1v) is 12.3. The van der Waals surface area contributed by atoms with Crippen LogP contribution < -0.4 is 0 Å². The van der Waals surface area contributed by atoms with Crippen molar-refractivity contribution in [3.05, 3.63) is 58.1 Å². The fourth-order valence-corrected chi connectivity index (χ4v) is 7.81. The van der Waals surface area contributed by atoms with E-state index in [1.165, 1.54) is 16.8 Å². The van der Waals surface area contributed by atoms with Gasteiger partial charge in [0.25, 0.3) is 0 Å². The summed E-state index contributed by atoms with van der Waals surface area (Å²) in [6.07, 6.45) is 8.05. The molecule has 15 heavy (non-hydrogen) atoms. The summed E-state index contributed by atoms with van der Waals surface area (Å²) in [5.74, 6) is 0. The van der Waals surface area contributed by atoms with Gasteiger partial charge in [-0.15, -0.1) is 0 Å². The summed E-state index contributed by atoms with van der Waals surface area (Å²) >= 11 is -1.66. The maximum absolute atomic E-state index is 2.51. The molecule has 0 unspecified atom stereocenters. The molecule has 1 aliphatic rings. The van der Waals surface area contributed by atoms with Crippen LogP contribution in [0.4, 0.5) is 0 Å². The van der Waals surface area contributed by atoms with Crippen LogP contribution in [0.3, 0.4) is 0 Å². The fourth-order valence-electron chi connectivity index (χ4n) is 1.67. The Morgan fingerprint density at radius 3 is 2.47 bits per heavy atom. The third kappa shape index (κ3) is 2.69.